The first kappa shape index (κ1) is 22.8. The van der Waals surface area contributed by atoms with E-state index in [0.717, 1.165) is 6.07 Å². The molecule has 0 bridgehead atoms. The summed E-state index contributed by atoms with van der Waals surface area (Å²) in [7, 11) is -3.24. The van der Waals surface area contributed by atoms with Gasteiger partial charge >= 0.3 is 0 Å². The van der Waals surface area contributed by atoms with Crippen molar-refractivity contribution in [2.24, 2.45) is 0 Å². The van der Waals surface area contributed by atoms with Crippen LogP contribution in [0.25, 0.3) is 0 Å². The molecule has 1 aromatic rings. The van der Waals surface area contributed by atoms with E-state index in [9.17, 15) is 28.1 Å². The van der Waals surface area contributed by atoms with Gasteiger partial charge in [0.15, 0.2) is 0 Å². The Labute approximate surface area is 169 Å². The highest BCUT2D eigenvalue weighted by atomic mass is 32.2. The molecule has 0 aliphatic carbocycles. The minimum absolute atomic E-state index is 0.0910. The average molecular weight is 426 g/mol. The lowest BCUT2D eigenvalue weighted by Gasteiger charge is -2.32. The number of nitro benzene ring substituents is 1. The first-order valence-corrected chi connectivity index (χ1v) is 11.1. The number of benzene rings is 1. The van der Waals surface area contributed by atoms with Gasteiger partial charge in [0.25, 0.3) is 11.6 Å². The van der Waals surface area contributed by atoms with Crippen molar-refractivity contribution in [3.05, 3.63) is 39.9 Å². The Bertz CT molecular complexity index is 865. The fourth-order valence-electron chi connectivity index (χ4n) is 3.10. The van der Waals surface area contributed by atoms with Crippen LogP contribution < -0.4 is 10.6 Å². The highest BCUT2D eigenvalue weighted by Gasteiger charge is 2.29. The van der Waals surface area contributed by atoms with E-state index in [-0.39, 0.29) is 23.0 Å². The topological polar surface area (TPSA) is 139 Å². The van der Waals surface area contributed by atoms with Gasteiger partial charge in [0, 0.05) is 36.8 Å². The molecular formula is C18H26N4O6S. The molecule has 1 unspecified atom stereocenters. The van der Waals surface area contributed by atoms with Crippen LogP contribution in [0.4, 0.5) is 5.69 Å². The summed E-state index contributed by atoms with van der Waals surface area (Å²) in [4.78, 5) is 34.8. The number of sulfonamides is 1. The van der Waals surface area contributed by atoms with E-state index in [4.69, 9.17) is 0 Å². The number of hydrogen-bond acceptors (Lipinski definition) is 6. The molecule has 11 heteroatoms. The van der Waals surface area contributed by atoms with Gasteiger partial charge in [-0.1, -0.05) is 13.0 Å². The predicted octanol–water partition coefficient (Wildman–Crippen LogP) is 1.03. The molecule has 2 amide bonds. The second-order valence-corrected chi connectivity index (χ2v) is 9.09. The Morgan fingerprint density at radius 1 is 1.31 bits per heavy atom. The van der Waals surface area contributed by atoms with Gasteiger partial charge in [-0.25, -0.2) is 12.7 Å². The van der Waals surface area contributed by atoms with Crippen LogP contribution in [-0.4, -0.2) is 60.4 Å². The van der Waals surface area contributed by atoms with Crippen molar-refractivity contribution in [2.75, 3.05) is 18.8 Å². The van der Waals surface area contributed by atoms with E-state index in [1.165, 1.54) is 29.4 Å². The molecule has 1 aliphatic heterocycles. The molecule has 29 heavy (non-hydrogen) atoms. The zero-order valence-corrected chi connectivity index (χ0v) is 17.3. The third kappa shape index (κ3) is 6.23. The summed E-state index contributed by atoms with van der Waals surface area (Å²) in [6, 6.07) is 4.24. The number of carbonyl (C=O) groups excluding carboxylic acids is 2. The Kier molecular flexibility index (Phi) is 7.68. The van der Waals surface area contributed by atoms with Crippen molar-refractivity contribution in [3.63, 3.8) is 0 Å². The van der Waals surface area contributed by atoms with E-state index < -0.39 is 32.8 Å². The number of nitro groups is 1. The summed E-state index contributed by atoms with van der Waals surface area (Å²) in [6.07, 6.45) is 1.56. The van der Waals surface area contributed by atoms with Crippen LogP contribution in [0.2, 0.25) is 0 Å². The molecule has 160 valence electrons. The zero-order chi connectivity index (χ0) is 21.6. The molecule has 2 rings (SSSR count). The van der Waals surface area contributed by atoms with Crippen molar-refractivity contribution >= 4 is 27.5 Å². The fraction of sp³-hybridized carbons (Fsp3) is 0.556. The van der Waals surface area contributed by atoms with Gasteiger partial charge in [0.1, 0.15) is 6.04 Å². The molecule has 1 aromatic carbocycles. The normalized spacial score (nSPS) is 16.8. The van der Waals surface area contributed by atoms with Crippen molar-refractivity contribution in [2.45, 2.75) is 45.2 Å². The SMILES string of the molecule is CCCS(=O)(=O)N1CCC(NC(=O)C(C)NC(=O)c2cccc([N+](=O)[O-])c2)CC1. The standard InChI is InChI=1S/C18H26N4O6S/c1-3-11-29(27,28)21-9-7-15(8-10-21)20-17(23)13(2)19-18(24)14-5-4-6-16(12-14)22(25)26/h4-6,12-13,15H,3,7-11H2,1-2H3,(H,19,24)(H,20,23). The molecule has 1 fully saturated rings. The highest BCUT2D eigenvalue weighted by molar-refractivity contribution is 7.89. The summed E-state index contributed by atoms with van der Waals surface area (Å²) in [5, 5.41) is 16.2. The second-order valence-electron chi connectivity index (χ2n) is 7.00. The Hall–Kier alpha value is -2.53. The smallest absolute Gasteiger partial charge is 0.270 e. The van der Waals surface area contributed by atoms with Gasteiger partial charge in [0.2, 0.25) is 15.9 Å². The van der Waals surface area contributed by atoms with Crippen molar-refractivity contribution in [1.29, 1.82) is 0 Å². The monoisotopic (exact) mass is 426 g/mol. The number of rotatable bonds is 8. The summed E-state index contributed by atoms with van der Waals surface area (Å²) >= 11 is 0. The number of nitrogens with one attached hydrogen (secondary N) is 2. The maximum Gasteiger partial charge on any atom is 0.270 e. The Morgan fingerprint density at radius 3 is 2.55 bits per heavy atom. The van der Waals surface area contributed by atoms with Crippen LogP contribution in [0.1, 0.15) is 43.5 Å². The first-order chi connectivity index (χ1) is 13.6. The van der Waals surface area contributed by atoms with E-state index in [0.29, 0.717) is 32.4 Å². The van der Waals surface area contributed by atoms with Gasteiger partial charge in [-0.2, -0.15) is 0 Å². The van der Waals surface area contributed by atoms with Crippen molar-refractivity contribution < 1.29 is 22.9 Å². The lowest BCUT2D eigenvalue weighted by molar-refractivity contribution is -0.384. The maximum atomic E-state index is 12.4. The largest absolute Gasteiger partial charge is 0.351 e. The molecule has 0 aromatic heterocycles. The minimum Gasteiger partial charge on any atom is -0.351 e. The van der Waals surface area contributed by atoms with Crippen molar-refractivity contribution in [1.82, 2.24) is 14.9 Å². The number of piperidine rings is 1. The second kappa shape index (κ2) is 9.79. The van der Waals surface area contributed by atoms with Crippen LogP contribution in [-0.2, 0) is 14.8 Å². The molecular weight excluding hydrogens is 400 g/mol. The molecule has 0 radical (unpaired) electrons. The van der Waals surface area contributed by atoms with Gasteiger partial charge in [0.05, 0.1) is 10.7 Å². The van der Waals surface area contributed by atoms with E-state index in [1.54, 1.807) is 0 Å². The van der Waals surface area contributed by atoms with Crippen LogP contribution >= 0.6 is 0 Å². The van der Waals surface area contributed by atoms with Gasteiger partial charge in [-0.15, -0.1) is 0 Å². The zero-order valence-electron chi connectivity index (χ0n) is 16.5. The Balaban J connectivity index is 1.86. The Morgan fingerprint density at radius 2 is 1.97 bits per heavy atom. The van der Waals surface area contributed by atoms with Gasteiger partial charge in [-0.05, 0) is 32.3 Å². The number of hydrogen-bond donors (Lipinski definition) is 2. The highest BCUT2D eigenvalue weighted by Crippen LogP contribution is 2.16. The van der Waals surface area contributed by atoms with Gasteiger partial charge in [-0.3, -0.25) is 19.7 Å². The summed E-state index contributed by atoms with van der Waals surface area (Å²) in [5.74, 6) is -0.861. The molecule has 1 saturated heterocycles. The lowest BCUT2D eigenvalue weighted by Crippen LogP contribution is -2.51. The molecule has 1 heterocycles. The van der Waals surface area contributed by atoms with E-state index >= 15 is 0 Å². The maximum absolute atomic E-state index is 12.4. The fourth-order valence-corrected chi connectivity index (χ4v) is 4.64. The van der Waals surface area contributed by atoms with Crippen LogP contribution in [0.5, 0.6) is 0 Å². The van der Waals surface area contributed by atoms with Crippen LogP contribution in [0.15, 0.2) is 24.3 Å². The number of non-ortho nitro benzene ring substituents is 1. The first-order valence-electron chi connectivity index (χ1n) is 9.47. The van der Waals surface area contributed by atoms with Crippen LogP contribution in [0, 0.1) is 10.1 Å². The number of carbonyl (C=O) groups is 2. The number of nitrogens with zero attached hydrogens (tertiary/aromatic N) is 2. The summed E-state index contributed by atoms with van der Waals surface area (Å²) in [5.41, 5.74) is -0.118. The summed E-state index contributed by atoms with van der Waals surface area (Å²) < 4.78 is 25.6. The minimum atomic E-state index is -3.24. The molecule has 2 N–H and O–H groups in total. The van der Waals surface area contributed by atoms with Crippen LogP contribution in [0.3, 0.4) is 0 Å². The lowest BCUT2D eigenvalue weighted by atomic mass is 10.1. The molecule has 10 nitrogen and oxygen atoms in total. The molecule has 0 spiro atoms. The third-order valence-electron chi connectivity index (χ3n) is 4.72. The molecule has 1 aliphatic rings. The predicted molar refractivity (Wildman–Crippen MR) is 107 cm³/mol. The van der Waals surface area contributed by atoms with Gasteiger partial charge < -0.3 is 10.6 Å². The molecule has 1 atom stereocenters. The summed E-state index contributed by atoms with van der Waals surface area (Å²) in [6.45, 7) is 4.03. The van der Waals surface area contributed by atoms with Crippen molar-refractivity contribution in [3.8, 4) is 0 Å². The molecule has 0 saturated carbocycles. The average Bonchev–Trinajstić information content (AvgIpc) is 2.68. The third-order valence-corrected chi connectivity index (χ3v) is 6.79. The number of amides is 2. The quantitative estimate of drug-likeness (QED) is 0.470. The van der Waals surface area contributed by atoms with E-state index in [2.05, 4.69) is 10.6 Å². The van der Waals surface area contributed by atoms with E-state index in [1.807, 2.05) is 6.92 Å².